The van der Waals surface area contributed by atoms with Crippen molar-refractivity contribution in [3.8, 4) is 11.8 Å². The zero-order valence-corrected chi connectivity index (χ0v) is 11.5. The highest BCUT2D eigenvalue weighted by molar-refractivity contribution is 5.00. The summed E-state index contributed by atoms with van der Waals surface area (Å²) in [4.78, 5) is 2.50. The SMILES string of the molecule is CC#CCC(NCC)C1CN(CCC)CCO1. The van der Waals surface area contributed by atoms with E-state index in [1.54, 1.807) is 0 Å². The Morgan fingerprint density at radius 1 is 1.47 bits per heavy atom. The zero-order chi connectivity index (χ0) is 12.5. The molecule has 0 aromatic rings. The minimum Gasteiger partial charge on any atom is -0.374 e. The van der Waals surface area contributed by atoms with Crippen molar-refractivity contribution in [2.24, 2.45) is 0 Å². The summed E-state index contributed by atoms with van der Waals surface area (Å²) in [5, 5.41) is 3.50. The summed E-state index contributed by atoms with van der Waals surface area (Å²) < 4.78 is 5.89. The van der Waals surface area contributed by atoms with Gasteiger partial charge in [-0.2, -0.15) is 0 Å². The summed E-state index contributed by atoms with van der Waals surface area (Å²) in [6.07, 6.45) is 2.39. The minimum atomic E-state index is 0.288. The molecule has 1 fully saturated rings. The van der Waals surface area contributed by atoms with Crippen LogP contribution in [-0.4, -0.2) is 49.8 Å². The van der Waals surface area contributed by atoms with E-state index in [0.29, 0.717) is 6.04 Å². The van der Waals surface area contributed by atoms with E-state index in [1.807, 2.05) is 6.92 Å². The van der Waals surface area contributed by atoms with Crippen LogP contribution in [-0.2, 0) is 4.74 Å². The molecule has 2 atom stereocenters. The van der Waals surface area contributed by atoms with Crippen molar-refractivity contribution in [3.63, 3.8) is 0 Å². The van der Waals surface area contributed by atoms with Crippen LogP contribution in [0.15, 0.2) is 0 Å². The van der Waals surface area contributed by atoms with Crippen LogP contribution in [0, 0.1) is 11.8 Å². The molecule has 0 aliphatic carbocycles. The van der Waals surface area contributed by atoms with Crippen LogP contribution >= 0.6 is 0 Å². The minimum absolute atomic E-state index is 0.288. The Morgan fingerprint density at radius 3 is 2.94 bits per heavy atom. The predicted octanol–water partition coefficient (Wildman–Crippen LogP) is 1.49. The number of ether oxygens (including phenoxy) is 1. The van der Waals surface area contributed by atoms with Gasteiger partial charge in [0.25, 0.3) is 0 Å². The normalized spacial score (nSPS) is 22.9. The lowest BCUT2D eigenvalue weighted by atomic mass is 10.1. The van der Waals surface area contributed by atoms with Crippen molar-refractivity contribution in [2.75, 3.05) is 32.8 Å². The van der Waals surface area contributed by atoms with Gasteiger partial charge in [-0.25, -0.2) is 0 Å². The monoisotopic (exact) mass is 238 g/mol. The average molecular weight is 238 g/mol. The van der Waals surface area contributed by atoms with E-state index in [2.05, 4.69) is 35.9 Å². The number of nitrogens with one attached hydrogen (secondary N) is 1. The maximum Gasteiger partial charge on any atom is 0.0864 e. The smallest absolute Gasteiger partial charge is 0.0864 e. The number of nitrogens with zero attached hydrogens (tertiary/aromatic N) is 1. The first kappa shape index (κ1) is 14.5. The number of likely N-dealkylation sites (N-methyl/N-ethyl adjacent to an activating group) is 1. The zero-order valence-electron chi connectivity index (χ0n) is 11.5. The third kappa shape index (κ3) is 5.08. The van der Waals surface area contributed by atoms with Crippen LogP contribution in [0.1, 0.15) is 33.6 Å². The number of rotatable bonds is 6. The van der Waals surface area contributed by atoms with Crippen molar-refractivity contribution < 1.29 is 4.74 Å². The molecule has 3 nitrogen and oxygen atoms in total. The third-order valence-corrected chi connectivity index (χ3v) is 3.13. The lowest BCUT2D eigenvalue weighted by Crippen LogP contribution is -2.52. The molecule has 0 saturated carbocycles. The van der Waals surface area contributed by atoms with Crippen molar-refractivity contribution in [3.05, 3.63) is 0 Å². The number of hydrogen-bond acceptors (Lipinski definition) is 3. The maximum absolute atomic E-state index is 5.89. The lowest BCUT2D eigenvalue weighted by molar-refractivity contribution is -0.0452. The second kappa shape index (κ2) is 8.52. The quantitative estimate of drug-likeness (QED) is 0.710. The van der Waals surface area contributed by atoms with Crippen molar-refractivity contribution >= 4 is 0 Å². The van der Waals surface area contributed by atoms with E-state index in [0.717, 1.165) is 32.7 Å². The molecular weight excluding hydrogens is 212 g/mol. The second-order valence-electron chi connectivity index (χ2n) is 4.50. The number of hydrogen-bond donors (Lipinski definition) is 1. The summed E-state index contributed by atoms with van der Waals surface area (Å²) >= 11 is 0. The molecule has 1 aliphatic heterocycles. The molecule has 1 saturated heterocycles. The molecule has 1 N–H and O–H groups in total. The van der Waals surface area contributed by atoms with Gasteiger partial charge in [-0.15, -0.1) is 11.8 Å². The Bertz CT molecular complexity index is 255. The first-order valence-electron chi connectivity index (χ1n) is 6.78. The van der Waals surface area contributed by atoms with Gasteiger partial charge in [-0.1, -0.05) is 13.8 Å². The van der Waals surface area contributed by atoms with Crippen LogP contribution in [0.3, 0.4) is 0 Å². The molecule has 2 unspecified atom stereocenters. The van der Waals surface area contributed by atoms with E-state index >= 15 is 0 Å². The van der Waals surface area contributed by atoms with Crippen molar-refractivity contribution in [1.82, 2.24) is 10.2 Å². The van der Waals surface area contributed by atoms with Crippen LogP contribution in [0.25, 0.3) is 0 Å². The highest BCUT2D eigenvalue weighted by Crippen LogP contribution is 2.11. The summed E-state index contributed by atoms with van der Waals surface area (Å²) in [6.45, 7) is 11.4. The van der Waals surface area contributed by atoms with E-state index < -0.39 is 0 Å². The van der Waals surface area contributed by atoms with E-state index in [1.165, 1.54) is 13.0 Å². The fraction of sp³-hybridized carbons (Fsp3) is 0.857. The third-order valence-electron chi connectivity index (χ3n) is 3.13. The first-order chi connectivity index (χ1) is 8.31. The van der Waals surface area contributed by atoms with Crippen LogP contribution in [0.2, 0.25) is 0 Å². The molecule has 0 bridgehead atoms. The van der Waals surface area contributed by atoms with E-state index in [9.17, 15) is 0 Å². The molecule has 0 spiro atoms. The molecule has 0 radical (unpaired) electrons. The van der Waals surface area contributed by atoms with Gasteiger partial charge >= 0.3 is 0 Å². The molecule has 1 rings (SSSR count). The summed E-state index contributed by atoms with van der Waals surface area (Å²) in [7, 11) is 0. The fourth-order valence-electron chi connectivity index (χ4n) is 2.30. The Balaban J connectivity index is 2.49. The molecule has 3 heteroatoms. The molecule has 1 aliphatic rings. The lowest BCUT2D eigenvalue weighted by Gasteiger charge is -2.36. The van der Waals surface area contributed by atoms with Gasteiger partial charge in [-0.3, -0.25) is 4.90 Å². The van der Waals surface area contributed by atoms with Crippen LogP contribution in [0.5, 0.6) is 0 Å². The van der Waals surface area contributed by atoms with Gasteiger partial charge in [-0.05, 0) is 26.4 Å². The Hall–Kier alpha value is -0.560. The van der Waals surface area contributed by atoms with Crippen LogP contribution < -0.4 is 5.32 Å². The predicted molar refractivity (Wildman–Crippen MR) is 72.0 cm³/mol. The summed E-state index contributed by atoms with van der Waals surface area (Å²) in [5.41, 5.74) is 0. The standard InChI is InChI=1S/C14H26N2O/c1-4-7-8-13(15-6-3)14-12-16(9-5-2)10-11-17-14/h13-15H,5-6,8-12H2,1-3H3. The average Bonchev–Trinajstić information content (AvgIpc) is 2.35. The maximum atomic E-state index is 5.89. The highest BCUT2D eigenvalue weighted by atomic mass is 16.5. The van der Waals surface area contributed by atoms with Gasteiger partial charge < -0.3 is 10.1 Å². The van der Waals surface area contributed by atoms with E-state index in [4.69, 9.17) is 4.74 Å². The first-order valence-corrected chi connectivity index (χ1v) is 6.78. The second-order valence-corrected chi connectivity index (χ2v) is 4.50. The topological polar surface area (TPSA) is 24.5 Å². The molecule has 98 valence electrons. The van der Waals surface area contributed by atoms with Gasteiger partial charge in [0.05, 0.1) is 12.7 Å². The largest absolute Gasteiger partial charge is 0.374 e. The Morgan fingerprint density at radius 2 is 2.29 bits per heavy atom. The van der Waals surface area contributed by atoms with Crippen LogP contribution in [0.4, 0.5) is 0 Å². The molecule has 17 heavy (non-hydrogen) atoms. The van der Waals surface area contributed by atoms with Gasteiger partial charge in [0.2, 0.25) is 0 Å². The van der Waals surface area contributed by atoms with Gasteiger partial charge in [0.15, 0.2) is 0 Å². The molecule has 0 aromatic heterocycles. The van der Waals surface area contributed by atoms with Crippen molar-refractivity contribution in [1.29, 1.82) is 0 Å². The summed E-state index contributed by atoms with van der Waals surface area (Å²) in [6, 6.07) is 0.368. The molecule has 0 amide bonds. The van der Waals surface area contributed by atoms with Gasteiger partial charge in [0.1, 0.15) is 0 Å². The Labute approximate surface area is 106 Å². The molecular formula is C14H26N2O. The summed E-state index contributed by atoms with van der Waals surface area (Å²) in [5.74, 6) is 6.14. The highest BCUT2D eigenvalue weighted by Gasteiger charge is 2.26. The number of morpholine rings is 1. The van der Waals surface area contributed by atoms with Gasteiger partial charge in [0, 0.05) is 25.6 Å². The fourth-order valence-corrected chi connectivity index (χ4v) is 2.30. The molecule has 1 heterocycles. The Kier molecular flexibility index (Phi) is 7.27. The van der Waals surface area contributed by atoms with Crippen molar-refractivity contribution in [2.45, 2.75) is 45.8 Å². The molecule has 0 aromatic carbocycles. The van der Waals surface area contributed by atoms with E-state index in [-0.39, 0.29) is 6.10 Å².